The van der Waals surface area contributed by atoms with Crippen molar-refractivity contribution in [3.8, 4) is 5.75 Å². The minimum atomic E-state index is -0.650. The molecule has 3 nitrogen and oxygen atoms in total. The number of allylic oxidation sites excluding steroid dienone is 3. The zero-order valence-electron chi connectivity index (χ0n) is 17.7. The number of unbranched alkanes of at least 4 members (excludes halogenated alkanes) is 4. The van der Waals surface area contributed by atoms with Crippen molar-refractivity contribution in [1.82, 2.24) is 0 Å². The summed E-state index contributed by atoms with van der Waals surface area (Å²) in [7, 11) is 0. The van der Waals surface area contributed by atoms with E-state index in [1.54, 1.807) is 12.1 Å². The first-order valence-electron chi connectivity index (χ1n) is 12.0. The predicted molar refractivity (Wildman–Crippen MR) is 118 cm³/mol. The van der Waals surface area contributed by atoms with E-state index in [0.717, 1.165) is 30.1 Å². The molecule has 2 N–H and O–H groups in total. The number of hydrogen-bond donors (Lipinski definition) is 2. The lowest BCUT2D eigenvalue weighted by Gasteiger charge is -2.54. The second-order valence-corrected chi connectivity index (χ2v) is 10.1. The molecule has 0 aliphatic heterocycles. The van der Waals surface area contributed by atoms with Crippen molar-refractivity contribution < 1.29 is 15.0 Å². The van der Waals surface area contributed by atoms with Crippen LogP contribution in [-0.4, -0.2) is 16.2 Å². The highest BCUT2D eigenvalue weighted by molar-refractivity contribution is 5.73. The van der Waals surface area contributed by atoms with Crippen molar-refractivity contribution in [2.45, 2.75) is 51.4 Å². The van der Waals surface area contributed by atoms with Gasteiger partial charge in [0.15, 0.2) is 0 Å². The summed E-state index contributed by atoms with van der Waals surface area (Å²) in [5.74, 6) is 3.99. The fraction of sp³-hybridized carbons (Fsp3) is 0.593. The molecule has 30 heavy (non-hydrogen) atoms. The number of carbonyl (C=O) groups is 1. The molecule has 2 fully saturated rings. The third kappa shape index (κ3) is 3.50. The maximum atomic E-state index is 11.6. The number of aromatic hydroxyl groups is 1. The molecule has 0 unspecified atom stereocenters. The van der Waals surface area contributed by atoms with E-state index in [1.165, 1.54) is 50.5 Å². The lowest BCUT2D eigenvalue weighted by molar-refractivity contribution is -0.143. The average molecular weight is 407 g/mol. The number of aliphatic carboxylic acids is 1. The molecule has 4 aliphatic rings. The summed E-state index contributed by atoms with van der Waals surface area (Å²) in [5.41, 5.74) is 1.32. The van der Waals surface area contributed by atoms with Crippen molar-refractivity contribution in [1.29, 1.82) is 0 Å². The predicted octanol–water partition coefficient (Wildman–Crippen LogP) is 5.85. The Labute approximate surface area is 179 Å². The van der Waals surface area contributed by atoms with Crippen LogP contribution in [0.3, 0.4) is 0 Å². The summed E-state index contributed by atoms with van der Waals surface area (Å²) in [6, 6.07) is 7.61. The van der Waals surface area contributed by atoms with Crippen molar-refractivity contribution in [2.75, 3.05) is 0 Å². The zero-order valence-corrected chi connectivity index (χ0v) is 17.7. The highest BCUT2D eigenvalue weighted by Gasteiger charge is 2.62. The van der Waals surface area contributed by atoms with Gasteiger partial charge in [-0.05, 0) is 84.8 Å². The van der Waals surface area contributed by atoms with Gasteiger partial charge in [-0.3, -0.25) is 4.79 Å². The molecule has 0 bridgehead atoms. The largest absolute Gasteiger partial charge is 0.508 e. The molecule has 0 radical (unpaired) electrons. The van der Waals surface area contributed by atoms with Gasteiger partial charge in [-0.1, -0.05) is 62.1 Å². The Balaban J connectivity index is 1.06. The van der Waals surface area contributed by atoms with Crippen LogP contribution < -0.4 is 0 Å². The van der Waals surface area contributed by atoms with Crippen LogP contribution in [0.2, 0.25) is 0 Å². The molecule has 1 aromatic carbocycles. The lowest BCUT2D eigenvalue weighted by atomic mass is 9.50. The molecule has 4 aliphatic carbocycles. The molecular weight excluding hydrogens is 372 g/mol. The van der Waals surface area contributed by atoms with Crippen LogP contribution in [0.1, 0.15) is 50.5 Å². The molecule has 8 atom stereocenters. The first-order valence-corrected chi connectivity index (χ1v) is 12.0. The highest BCUT2D eigenvalue weighted by atomic mass is 16.4. The third-order valence-electron chi connectivity index (χ3n) is 8.67. The van der Waals surface area contributed by atoms with Gasteiger partial charge in [0.25, 0.3) is 0 Å². The SMILES string of the molecule is O=C(O)[C@H]1C=C[C@H]2C[C@@H]3[C@@H](CCCCCCCc4ccc(O)cc4)[C@@H]4C=C[C@H]1[C@H]2[C@@H]43. The Bertz CT molecular complexity index is 823. The molecule has 0 heterocycles. The molecule has 0 spiro atoms. The van der Waals surface area contributed by atoms with Gasteiger partial charge in [0.05, 0.1) is 5.92 Å². The van der Waals surface area contributed by atoms with Gasteiger partial charge >= 0.3 is 5.97 Å². The second-order valence-electron chi connectivity index (χ2n) is 10.1. The Morgan fingerprint density at radius 1 is 0.867 bits per heavy atom. The molecule has 0 aromatic heterocycles. The Morgan fingerprint density at radius 2 is 1.60 bits per heavy atom. The summed E-state index contributed by atoms with van der Waals surface area (Å²) in [6.45, 7) is 0. The van der Waals surface area contributed by atoms with Crippen LogP contribution in [0, 0.1) is 47.3 Å². The normalized spacial score (nSPS) is 37.6. The molecular formula is C27H34O3. The van der Waals surface area contributed by atoms with Crippen LogP contribution in [0.25, 0.3) is 0 Å². The number of carboxylic acid groups (broad SMARTS) is 1. The number of hydrogen-bond acceptors (Lipinski definition) is 2. The number of phenols is 1. The molecule has 3 heteroatoms. The van der Waals surface area contributed by atoms with Crippen molar-refractivity contribution in [2.24, 2.45) is 47.3 Å². The van der Waals surface area contributed by atoms with Gasteiger partial charge in [0, 0.05) is 0 Å². The lowest BCUT2D eigenvalue weighted by Crippen LogP contribution is -2.50. The zero-order chi connectivity index (χ0) is 20.7. The van der Waals surface area contributed by atoms with Gasteiger partial charge < -0.3 is 10.2 Å². The van der Waals surface area contributed by atoms with Gasteiger partial charge in [-0.15, -0.1) is 0 Å². The van der Waals surface area contributed by atoms with Gasteiger partial charge in [0.1, 0.15) is 5.75 Å². The smallest absolute Gasteiger partial charge is 0.310 e. The topological polar surface area (TPSA) is 57.5 Å². The van der Waals surface area contributed by atoms with Crippen molar-refractivity contribution in [3.05, 3.63) is 54.1 Å². The maximum Gasteiger partial charge on any atom is 0.310 e. The van der Waals surface area contributed by atoms with Crippen molar-refractivity contribution in [3.63, 3.8) is 0 Å². The molecule has 5 rings (SSSR count). The van der Waals surface area contributed by atoms with E-state index in [0.29, 0.717) is 17.6 Å². The summed E-state index contributed by atoms with van der Waals surface area (Å²) < 4.78 is 0. The van der Waals surface area contributed by atoms with E-state index in [4.69, 9.17) is 0 Å². The molecule has 0 saturated heterocycles. The fourth-order valence-electron chi connectivity index (χ4n) is 7.34. The Morgan fingerprint density at radius 3 is 2.40 bits per heavy atom. The van der Waals surface area contributed by atoms with Crippen LogP contribution in [0.15, 0.2) is 48.6 Å². The maximum absolute atomic E-state index is 11.6. The summed E-state index contributed by atoms with van der Waals surface area (Å²) in [4.78, 5) is 11.6. The average Bonchev–Trinajstić information content (AvgIpc) is 3.08. The second kappa shape index (κ2) is 8.24. The first kappa shape index (κ1) is 19.9. The van der Waals surface area contributed by atoms with Crippen LogP contribution in [0.4, 0.5) is 0 Å². The molecule has 2 saturated carbocycles. The number of aryl methyl sites for hydroxylation is 1. The van der Waals surface area contributed by atoms with E-state index >= 15 is 0 Å². The number of benzene rings is 1. The Kier molecular flexibility index (Phi) is 5.47. The van der Waals surface area contributed by atoms with Gasteiger partial charge in [0.2, 0.25) is 0 Å². The summed E-state index contributed by atoms with van der Waals surface area (Å²) in [6.07, 6.45) is 19.2. The van der Waals surface area contributed by atoms with Crippen LogP contribution in [0.5, 0.6) is 5.75 Å². The van der Waals surface area contributed by atoms with Crippen LogP contribution >= 0.6 is 0 Å². The van der Waals surface area contributed by atoms with Crippen molar-refractivity contribution >= 4 is 5.97 Å². The summed E-state index contributed by atoms with van der Waals surface area (Å²) in [5, 5.41) is 18.9. The molecule has 160 valence electrons. The third-order valence-corrected chi connectivity index (χ3v) is 8.67. The number of phenolic OH excluding ortho intramolecular Hbond substituents is 1. The van der Waals surface area contributed by atoms with Gasteiger partial charge in [-0.2, -0.15) is 0 Å². The Hall–Kier alpha value is -2.03. The highest BCUT2D eigenvalue weighted by Crippen LogP contribution is 2.67. The molecule has 0 amide bonds. The van der Waals surface area contributed by atoms with E-state index in [2.05, 4.69) is 18.2 Å². The van der Waals surface area contributed by atoms with E-state index in [-0.39, 0.29) is 11.8 Å². The standard InChI is InChI=1S/C27H34O3/c28-19-11-8-17(9-12-19)6-4-2-1-3-5-7-20-21-14-15-22-23(27(29)30)13-10-18-16-24(20)26(21)25(18)22/h8-15,18,20-26,28H,1-7,16H2,(H,29,30)/t18-,20-,21-,22+,23-,24+,25-,26-/m0/s1. The first-order chi connectivity index (χ1) is 14.6. The molecule has 1 aromatic rings. The van der Waals surface area contributed by atoms with Crippen LogP contribution in [-0.2, 0) is 11.2 Å². The minimum absolute atomic E-state index is 0.235. The number of carboxylic acids is 1. The van der Waals surface area contributed by atoms with E-state index in [1.807, 2.05) is 18.2 Å². The van der Waals surface area contributed by atoms with E-state index < -0.39 is 5.97 Å². The fourth-order valence-corrected chi connectivity index (χ4v) is 7.34. The minimum Gasteiger partial charge on any atom is -0.508 e. The monoisotopic (exact) mass is 406 g/mol. The summed E-state index contributed by atoms with van der Waals surface area (Å²) >= 11 is 0. The van der Waals surface area contributed by atoms with E-state index in [9.17, 15) is 15.0 Å². The number of rotatable bonds is 9. The van der Waals surface area contributed by atoms with Gasteiger partial charge in [-0.25, -0.2) is 0 Å². The quantitative estimate of drug-likeness (QED) is 0.400.